The Morgan fingerprint density at radius 1 is 1.19 bits per heavy atom. The highest BCUT2D eigenvalue weighted by molar-refractivity contribution is 5.94. The molecule has 1 heterocycles. The highest BCUT2D eigenvalue weighted by Crippen LogP contribution is 2.28. The van der Waals surface area contributed by atoms with Crippen LogP contribution in [0.15, 0.2) is 18.2 Å². The number of benzene rings is 1. The van der Waals surface area contributed by atoms with Crippen LogP contribution in [0.3, 0.4) is 0 Å². The standard InChI is InChI=1S/C18H22F2N4O.ClH/c1-2-8-21-9-10-22-18(25)17-13-4-3-5-16(13)24(23-17)12-6-7-14(19)15(20)11-12;/h6-7,11,21H,2-5,8-10H2,1H3,(H,22,25);1H. The predicted molar refractivity (Wildman–Crippen MR) is 98.2 cm³/mol. The Morgan fingerprint density at radius 3 is 2.73 bits per heavy atom. The number of hydrogen-bond donors (Lipinski definition) is 2. The predicted octanol–water partition coefficient (Wildman–Crippen LogP) is 2.79. The Hall–Kier alpha value is -1.99. The number of halogens is 3. The molecule has 2 aromatic rings. The SMILES string of the molecule is CCCNCCNC(=O)c1nn(-c2ccc(F)c(F)c2)c2c1CCC2.Cl. The van der Waals surface area contributed by atoms with E-state index < -0.39 is 11.6 Å². The van der Waals surface area contributed by atoms with E-state index >= 15 is 0 Å². The quantitative estimate of drug-likeness (QED) is 0.722. The summed E-state index contributed by atoms with van der Waals surface area (Å²) in [7, 11) is 0. The first-order valence-corrected chi connectivity index (χ1v) is 8.67. The topological polar surface area (TPSA) is 58.9 Å². The molecule has 0 spiro atoms. The van der Waals surface area contributed by atoms with Gasteiger partial charge in [0.05, 0.1) is 5.69 Å². The van der Waals surface area contributed by atoms with Gasteiger partial charge in [0.25, 0.3) is 5.91 Å². The van der Waals surface area contributed by atoms with Gasteiger partial charge in [0, 0.05) is 30.4 Å². The second-order valence-electron chi connectivity index (χ2n) is 6.14. The van der Waals surface area contributed by atoms with Crippen molar-refractivity contribution in [3.8, 4) is 5.69 Å². The fourth-order valence-corrected chi connectivity index (χ4v) is 3.10. The largest absolute Gasteiger partial charge is 0.349 e. The van der Waals surface area contributed by atoms with Crippen LogP contribution in [-0.4, -0.2) is 35.3 Å². The summed E-state index contributed by atoms with van der Waals surface area (Å²) >= 11 is 0. The van der Waals surface area contributed by atoms with Gasteiger partial charge < -0.3 is 10.6 Å². The van der Waals surface area contributed by atoms with Crippen molar-refractivity contribution in [2.75, 3.05) is 19.6 Å². The molecule has 3 rings (SSSR count). The summed E-state index contributed by atoms with van der Waals surface area (Å²) in [5.41, 5.74) is 2.62. The van der Waals surface area contributed by atoms with E-state index in [0.29, 0.717) is 24.5 Å². The molecule has 1 amide bonds. The second-order valence-corrected chi connectivity index (χ2v) is 6.14. The maximum atomic E-state index is 13.5. The second kappa shape index (κ2) is 9.09. The monoisotopic (exact) mass is 384 g/mol. The number of aromatic nitrogens is 2. The van der Waals surface area contributed by atoms with Gasteiger partial charge in [0.15, 0.2) is 17.3 Å². The summed E-state index contributed by atoms with van der Waals surface area (Å²) in [5, 5.41) is 10.5. The summed E-state index contributed by atoms with van der Waals surface area (Å²) in [6.45, 7) is 4.22. The van der Waals surface area contributed by atoms with E-state index in [2.05, 4.69) is 22.7 Å². The molecule has 0 saturated heterocycles. The van der Waals surface area contributed by atoms with E-state index in [1.807, 2.05) is 0 Å². The minimum absolute atomic E-state index is 0. The molecule has 1 aromatic heterocycles. The molecule has 8 heteroatoms. The van der Waals surface area contributed by atoms with Crippen molar-refractivity contribution in [1.82, 2.24) is 20.4 Å². The first-order valence-electron chi connectivity index (χ1n) is 8.67. The molecule has 2 N–H and O–H groups in total. The maximum absolute atomic E-state index is 13.5. The Balaban J connectivity index is 0.00000243. The van der Waals surface area contributed by atoms with Crippen LogP contribution in [0, 0.1) is 11.6 Å². The number of carbonyl (C=O) groups is 1. The number of amides is 1. The molecule has 1 aliphatic carbocycles. The van der Waals surface area contributed by atoms with E-state index in [9.17, 15) is 13.6 Å². The van der Waals surface area contributed by atoms with Crippen LogP contribution in [0.1, 0.15) is 41.5 Å². The molecule has 1 aliphatic rings. The van der Waals surface area contributed by atoms with Crippen molar-refractivity contribution in [3.63, 3.8) is 0 Å². The number of carbonyl (C=O) groups excluding carboxylic acids is 1. The minimum Gasteiger partial charge on any atom is -0.349 e. The zero-order chi connectivity index (χ0) is 17.8. The zero-order valence-corrected chi connectivity index (χ0v) is 15.5. The number of rotatable bonds is 7. The van der Waals surface area contributed by atoms with Crippen molar-refractivity contribution in [3.05, 3.63) is 46.8 Å². The van der Waals surface area contributed by atoms with E-state index in [4.69, 9.17) is 0 Å². The highest BCUT2D eigenvalue weighted by atomic mass is 35.5. The summed E-state index contributed by atoms with van der Waals surface area (Å²) in [6.07, 6.45) is 3.51. The van der Waals surface area contributed by atoms with Crippen LogP contribution in [0.25, 0.3) is 5.69 Å². The molecule has 1 aromatic carbocycles. The van der Waals surface area contributed by atoms with Gasteiger partial charge in [-0.15, -0.1) is 12.4 Å². The summed E-state index contributed by atoms with van der Waals surface area (Å²) in [4.78, 5) is 12.5. The Labute approximate surface area is 157 Å². The molecule has 5 nitrogen and oxygen atoms in total. The lowest BCUT2D eigenvalue weighted by atomic mass is 10.2. The van der Waals surface area contributed by atoms with E-state index in [1.54, 1.807) is 4.68 Å². The summed E-state index contributed by atoms with van der Waals surface area (Å²) in [5.74, 6) is -2.05. The van der Waals surface area contributed by atoms with E-state index in [-0.39, 0.29) is 18.3 Å². The summed E-state index contributed by atoms with van der Waals surface area (Å²) in [6, 6.07) is 3.66. The first kappa shape index (κ1) is 20.3. The highest BCUT2D eigenvalue weighted by Gasteiger charge is 2.27. The fraction of sp³-hybridized carbons (Fsp3) is 0.444. The van der Waals surface area contributed by atoms with Crippen LogP contribution in [0.4, 0.5) is 8.78 Å². The molecular formula is C18H23ClF2N4O. The van der Waals surface area contributed by atoms with Crippen LogP contribution in [0.2, 0.25) is 0 Å². The molecule has 0 aliphatic heterocycles. The zero-order valence-electron chi connectivity index (χ0n) is 14.6. The molecule has 0 unspecified atom stereocenters. The van der Waals surface area contributed by atoms with Crippen molar-refractivity contribution >= 4 is 18.3 Å². The number of hydrogen-bond acceptors (Lipinski definition) is 3. The average molecular weight is 385 g/mol. The van der Waals surface area contributed by atoms with Gasteiger partial charge in [-0.1, -0.05) is 6.92 Å². The van der Waals surface area contributed by atoms with Gasteiger partial charge >= 0.3 is 0 Å². The van der Waals surface area contributed by atoms with Gasteiger partial charge in [0.1, 0.15) is 0 Å². The lowest BCUT2D eigenvalue weighted by Gasteiger charge is -2.06. The summed E-state index contributed by atoms with van der Waals surface area (Å²) < 4.78 is 28.3. The van der Waals surface area contributed by atoms with Gasteiger partial charge in [-0.25, -0.2) is 13.5 Å². The third kappa shape index (κ3) is 4.22. The Bertz CT molecular complexity index is 779. The van der Waals surface area contributed by atoms with Crippen molar-refractivity contribution < 1.29 is 13.6 Å². The van der Waals surface area contributed by atoms with Crippen LogP contribution < -0.4 is 10.6 Å². The average Bonchev–Trinajstić information content (AvgIpc) is 3.19. The lowest BCUT2D eigenvalue weighted by Crippen LogP contribution is -2.32. The van der Waals surface area contributed by atoms with Gasteiger partial charge in [-0.2, -0.15) is 5.10 Å². The first-order chi connectivity index (χ1) is 12.1. The van der Waals surface area contributed by atoms with Gasteiger partial charge in [-0.05, 0) is 44.4 Å². The van der Waals surface area contributed by atoms with E-state index in [1.165, 1.54) is 6.07 Å². The van der Waals surface area contributed by atoms with Crippen molar-refractivity contribution in [2.45, 2.75) is 32.6 Å². The molecule has 26 heavy (non-hydrogen) atoms. The Morgan fingerprint density at radius 2 is 2.00 bits per heavy atom. The molecular weight excluding hydrogens is 362 g/mol. The molecule has 0 bridgehead atoms. The van der Waals surface area contributed by atoms with Crippen molar-refractivity contribution in [2.24, 2.45) is 0 Å². The Kier molecular flexibility index (Phi) is 7.11. The number of nitrogens with one attached hydrogen (secondary N) is 2. The lowest BCUT2D eigenvalue weighted by molar-refractivity contribution is 0.0947. The van der Waals surface area contributed by atoms with Crippen molar-refractivity contribution in [1.29, 1.82) is 0 Å². The van der Waals surface area contributed by atoms with Crippen LogP contribution in [-0.2, 0) is 12.8 Å². The third-order valence-electron chi connectivity index (χ3n) is 4.31. The third-order valence-corrected chi connectivity index (χ3v) is 4.31. The number of fused-ring (bicyclic) bond motifs is 1. The molecule has 0 radical (unpaired) electrons. The van der Waals surface area contributed by atoms with Crippen LogP contribution >= 0.6 is 12.4 Å². The van der Waals surface area contributed by atoms with E-state index in [0.717, 1.165) is 55.6 Å². The van der Waals surface area contributed by atoms with Gasteiger partial charge in [0.2, 0.25) is 0 Å². The molecule has 0 atom stereocenters. The van der Waals surface area contributed by atoms with Gasteiger partial charge in [-0.3, -0.25) is 4.79 Å². The molecule has 0 saturated carbocycles. The maximum Gasteiger partial charge on any atom is 0.272 e. The normalized spacial score (nSPS) is 12.6. The minimum atomic E-state index is -0.923. The smallest absolute Gasteiger partial charge is 0.272 e. The fourth-order valence-electron chi connectivity index (χ4n) is 3.10. The van der Waals surface area contributed by atoms with Crippen LogP contribution in [0.5, 0.6) is 0 Å². The molecule has 0 fully saturated rings. The molecule has 142 valence electrons. The number of nitrogens with zero attached hydrogens (tertiary/aromatic N) is 2.